The molecule has 3 heterocycles. The largest absolute Gasteiger partial charge is 0.454 e. The van der Waals surface area contributed by atoms with E-state index < -0.39 is 0 Å². The SMILES string of the molecule is c1ccc(N(c2ccccc2)c2ccc3c(c2)oc2c3ncc3oc4cc(N(c5ccccc5)c5ccccc5)ccc4c32)cc1. The van der Waals surface area contributed by atoms with Gasteiger partial charge in [0, 0.05) is 57.0 Å². The third-order valence-corrected chi connectivity index (χ3v) is 8.46. The first-order valence-electron chi connectivity index (χ1n) is 15.3. The summed E-state index contributed by atoms with van der Waals surface area (Å²) in [6, 6.07) is 54.2. The summed E-state index contributed by atoms with van der Waals surface area (Å²) in [4.78, 5) is 9.29. The van der Waals surface area contributed by atoms with Crippen LogP contribution in [0.1, 0.15) is 0 Å². The Balaban J connectivity index is 1.20. The Kier molecular flexibility index (Phi) is 6.06. The fraction of sp³-hybridized carbons (Fsp3) is 0. The molecule has 0 spiro atoms. The predicted molar refractivity (Wildman–Crippen MR) is 188 cm³/mol. The average Bonchev–Trinajstić information content (AvgIpc) is 3.68. The van der Waals surface area contributed by atoms with E-state index in [1.807, 2.05) is 30.5 Å². The van der Waals surface area contributed by atoms with Gasteiger partial charge >= 0.3 is 0 Å². The van der Waals surface area contributed by atoms with Gasteiger partial charge in [-0.15, -0.1) is 0 Å². The standard InChI is InChI=1S/C41H27N3O2/c1-5-13-28(14-6-1)43(29-15-7-2-8-16-29)32-21-23-34-36(25-32)45-38-27-42-40-35-24-22-33(26-37(35)46-41(40)39(34)38)44(30-17-9-3-10-18-30)31-19-11-4-12-20-31/h1-27H. The average molecular weight is 594 g/mol. The highest BCUT2D eigenvalue weighted by atomic mass is 16.3. The number of para-hydroxylation sites is 4. The van der Waals surface area contributed by atoms with Gasteiger partial charge in [-0.05, 0) is 72.8 Å². The number of furan rings is 2. The highest BCUT2D eigenvalue weighted by molar-refractivity contribution is 6.21. The molecule has 0 aliphatic heterocycles. The second kappa shape index (κ2) is 10.7. The fourth-order valence-electron chi connectivity index (χ4n) is 6.40. The quantitative estimate of drug-likeness (QED) is 0.192. The molecule has 0 aliphatic rings. The third-order valence-electron chi connectivity index (χ3n) is 8.46. The van der Waals surface area contributed by atoms with Crippen molar-refractivity contribution in [2.24, 2.45) is 0 Å². The van der Waals surface area contributed by atoms with Gasteiger partial charge in [0.2, 0.25) is 0 Å². The Morgan fingerprint density at radius 1 is 0.391 bits per heavy atom. The number of aromatic nitrogens is 1. The molecule has 3 aromatic heterocycles. The Hall–Kier alpha value is -6.33. The van der Waals surface area contributed by atoms with Crippen molar-refractivity contribution < 1.29 is 8.83 Å². The molecule has 0 saturated heterocycles. The Bertz CT molecular complexity index is 2390. The fourth-order valence-corrected chi connectivity index (χ4v) is 6.40. The zero-order valence-electron chi connectivity index (χ0n) is 24.7. The molecular formula is C41H27N3O2. The van der Waals surface area contributed by atoms with E-state index in [-0.39, 0.29) is 0 Å². The molecule has 0 N–H and O–H groups in total. The van der Waals surface area contributed by atoms with Crippen LogP contribution in [0, 0.1) is 0 Å². The molecule has 9 aromatic rings. The van der Waals surface area contributed by atoms with Gasteiger partial charge in [-0.2, -0.15) is 0 Å². The van der Waals surface area contributed by atoms with E-state index in [1.54, 1.807) is 0 Å². The van der Waals surface area contributed by atoms with Gasteiger partial charge in [0.05, 0.1) is 11.6 Å². The molecule has 0 bridgehead atoms. The van der Waals surface area contributed by atoms with Crippen molar-refractivity contribution in [3.8, 4) is 0 Å². The van der Waals surface area contributed by atoms with Gasteiger partial charge in [0.1, 0.15) is 16.7 Å². The maximum atomic E-state index is 6.65. The zero-order valence-corrected chi connectivity index (χ0v) is 24.7. The van der Waals surface area contributed by atoms with Gasteiger partial charge in [-0.1, -0.05) is 72.8 Å². The summed E-state index contributed by atoms with van der Waals surface area (Å²) < 4.78 is 13.1. The molecule has 5 heteroatoms. The number of nitrogens with zero attached hydrogens (tertiary/aromatic N) is 3. The van der Waals surface area contributed by atoms with Crippen LogP contribution < -0.4 is 9.80 Å². The molecule has 6 aromatic carbocycles. The summed E-state index contributed by atoms with van der Waals surface area (Å²) in [6.07, 6.45) is 1.81. The van der Waals surface area contributed by atoms with Crippen LogP contribution in [-0.2, 0) is 0 Å². The van der Waals surface area contributed by atoms with Gasteiger partial charge in [0.25, 0.3) is 0 Å². The first kappa shape index (κ1) is 26.1. The molecule has 0 fully saturated rings. The predicted octanol–water partition coefficient (Wildman–Crippen LogP) is 11.8. The molecule has 0 amide bonds. The highest BCUT2D eigenvalue weighted by Crippen LogP contribution is 2.43. The number of hydrogen-bond acceptors (Lipinski definition) is 5. The van der Waals surface area contributed by atoms with E-state index in [4.69, 9.17) is 13.8 Å². The highest BCUT2D eigenvalue weighted by Gasteiger charge is 2.21. The molecule has 0 atom stereocenters. The van der Waals surface area contributed by atoms with Gasteiger partial charge in [-0.25, -0.2) is 4.98 Å². The van der Waals surface area contributed by atoms with E-state index in [9.17, 15) is 0 Å². The van der Waals surface area contributed by atoms with Crippen molar-refractivity contribution in [3.05, 3.63) is 164 Å². The van der Waals surface area contributed by atoms with Gasteiger partial charge < -0.3 is 18.6 Å². The lowest BCUT2D eigenvalue weighted by molar-refractivity contribution is 0.660. The van der Waals surface area contributed by atoms with Crippen molar-refractivity contribution >= 4 is 78.1 Å². The third kappa shape index (κ3) is 4.29. The van der Waals surface area contributed by atoms with Crippen LogP contribution >= 0.6 is 0 Å². The van der Waals surface area contributed by atoms with Gasteiger partial charge in [0.15, 0.2) is 11.2 Å². The molecule has 5 nitrogen and oxygen atoms in total. The lowest BCUT2D eigenvalue weighted by Gasteiger charge is -2.25. The van der Waals surface area contributed by atoms with Crippen molar-refractivity contribution in [3.63, 3.8) is 0 Å². The Labute approximate surface area is 265 Å². The summed E-state index contributed by atoms with van der Waals surface area (Å²) in [6.45, 7) is 0. The van der Waals surface area contributed by atoms with E-state index in [2.05, 4.69) is 143 Å². The minimum absolute atomic E-state index is 0.695. The number of benzene rings is 6. The monoisotopic (exact) mass is 593 g/mol. The number of hydrogen-bond donors (Lipinski definition) is 0. The summed E-state index contributed by atoms with van der Waals surface area (Å²) in [5, 5.41) is 2.88. The molecule has 0 radical (unpaired) electrons. The molecule has 0 aliphatic carbocycles. The lowest BCUT2D eigenvalue weighted by Crippen LogP contribution is -2.09. The van der Waals surface area contributed by atoms with Crippen molar-refractivity contribution in [2.75, 3.05) is 9.80 Å². The number of rotatable bonds is 6. The van der Waals surface area contributed by atoms with Crippen molar-refractivity contribution in [1.29, 1.82) is 0 Å². The van der Waals surface area contributed by atoms with E-state index in [1.165, 1.54) is 0 Å². The topological polar surface area (TPSA) is 45.7 Å². The zero-order chi connectivity index (χ0) is 30.5. The normalized spacial score (nSPS) is 11.5. The maximum Gasteiger partial charge on any atom is 0.165 e. The summed E-state index contributed by atoms with van der Waals surface area (Å²) in [5.41, 5.74) is 10.1. The summed E-state index contributed by atoms with van der Waals surface area (Å²) in [5.74, 6) is 0. The minimum atomic E-state index is 0.695. The van der Waals surface area contributed by atoms with Crippen molar-refractivity contribution in [2.45, 2.75) is 0 Å². The second-order valence-electron chi connectivity index (χ2n) is 11.3. The molecule has 9 rings (SSSR count). The molecule has 0 unspecified atom stereocenters. The first-order chi connectivity index (χ1) is 22.8. The van der Waals surface area contributed by atoms with Crippen LogP contribution in [0.25, 0.3) is 44.0 Å². The van der Waals surface area contributed by atoms with Gasteiger partial charge in [-0.3, -0.25) is 0 Å². The van der Waals surface area contributed by atoms with Crippen LogP contribution in [0.15, 0.2) is 173 Å². The number of fused-ring (bicyclic) bond motifs is 7. The number of pyridine rings is 1. The van der Waals surface area contributed by atoms with E-state index in [0.717, 1.165) is 72.5 Å². The van der Waals surface area contributed by atoms with Crippen LogP contribution in [-0.4, -0.2) is 4.98 Å². The Morgan fingerprint density at radius 3 is 1.30 bits per heavy atom. The van der Waals surface area contributed by atoms with Crippen LogP contribution in [0.5, 0.6) is 0 Å². The molecule has 46 heavy (non-hydrogen) atoms. The van der Waals surface area contributed by atoms with Crippen LogP contribution in [0.3, 0.4) is 0 Å². The number of anilines is 6. The maximum absolute atomic E-state index is 6.65. The lowest BCUT2D eigenvalue weighted by atomic mass is 10.1. The minimum Gasteiger partial charge on any atom is -0.454 e. The van der Waals surface area contributed by atoms with Crippen LogP contribution in [0.2, 0.25) is 0 Å². The van der Waals surface area contributed by atoms with Crippen molar-refractivity contribution in [1.82, 2.24) is 4.98 Å². The van der Waals surface area contributed by atoms with E-state index >= 15 is 0 Å². The smallest absolute Gasteiger partial charge is 0.165 e. The second-order valence-corrected chi connectivity index (χ2v) is 11.3. The molecule has 218 valence electrons. The summed E-state index contributed by atoms with van der Waals surface area (Å²) in [7, 11) is 0. The van der Waals surface area contributed by atoms with Crippen LogP contribution in [0.4, 0.5) is 34.1 Å². The summed E-state index contributed by atoms with van der Waals surface area (Å²) >= 11 is 0. The van der Waals surface area contributed by atoms with E-state index in [0.29, 0.717) is 5.58 Å². The molecule has 0 saturated carbocycles. The first-order valence-corrected chi connectivity index (χ1v) is 15.3. The Morgan fingerprint density at radius 2 is 0.826 bits per heavy atom. The molecular weight excluding hydrogens is 566 g/mol.